The van der Waals surface area contributed by atoms with Crippen molar-refractivity contribution in [3.05, 3.63) is 0 Å². The first-order valence-corrected chi connectivity index (χ1v) is 6.79. The van der Waals surface area contributed by atoms with Crippen LogP contribution in [0, 0.1) is 11.8 Å². The molecule has 1 fully saturated rings. The molecule has 1 aliphatic rings. The molecule has 0 aromatic heterocycles. The summed E-state index contributed by atoms with van der Waals surface area (Å²) >= 11 is 0. The average Bonchev–Trinajstić information content (AvgIpc) is 2.34. The van der Waals surface area contributed by atoms with Crippen LogP contribution in [0.4, 0.5) is 0 Å². The molecule has 0 aliphatic heterocycles. The van der Waals surface area contributed by atoms with Crippen LogP contribution in [0.5, 0.6) is 0 Å². The van der Waals surface area contributed by atoms with Crippen LogP contribution in [-0.4, -0.2) is 35.1 Å². The van der Waals surface area contributed by atoms with E-state index in [1.807, 2.05) is 6.92 Å². The molecule has 0 radical (unpaired) electrons. The summed E-state index contributed by atoms with van der Waals surface area (Å²) < 4.78 is 0. The third-order valence-corrected chi connectivity index (χ3v) is 3.96. The minimum absolute atomic E-state index is 0.122. The van der Waals surface area contributed by atoms with E-state index in [1.54, 1.807) is 0 Å². The van der Waals surface area contributed by atoms with Crippen molar-refractivity contribution in [1.29, 1.82) is 0 Å². The zero-order chi connectivity index (χ0) is 12.8. The summed E-state index contributed by atoms with van der Waals surface area (Å²) in [6.45, 7) is 8.49. The molecule has 3 atom stereocenters. The van der Waals surface area contributed by atoms with E-state index in [4.69, 9.17) is 10.9 Å². The average molecular weight is 241 g/mol. The van der Waals surface area contributed by atoms with Crippen molar-refractivity contribution < 1.29 is 5.21 Å². The Morgan fingerprint density at radius 1 is 1.53 bits per heavy atom. The number of nitrogens with zero attached hydrogens (tertiary/aromatic N) is 2. The van der Waals surface area contributed by atoms with E-state index in [9.17, 15) is 0 Å². The topological polar surface area (TPSA) is 61.8 Å². The fraction of sp³-hybridized carbons (Fsp3) is 0.923. The normalized spacial score (nSPS) is 28.4. The Labute approximate surface area is 105 Å². The third-order valence-electron chi connectivity index (χ3n) is 3.96. The molecular formula is C13H27N3O. The number of hydrogen-bond donors (Lipinski definition) is 2. The molecule has 1 rings (SSSR count). The molecule has 100 valence electrons. The summed E-state index contributed by atoms with van der Waals surface area (Å²) in [7, 11) is 0. The van der Waals surface area contributed by atoms with Gasteiger partial charge in [0.25, 0.3) is 0 Å². The first-order valence-electron chi connectivity index (χ1n) is 6.79. The zero-order valence-electron chi connectivity index (χ0n) is 11.4. The summed E-state index contributed by atoms with van der Waals surface area (Å²) in [6, 6.07) is 0.678. The van der Waals surface area contributed by atoms with E-state index < -0.39 is 0 Å². The van der Waals surface area contributed by atoms with Crippen LogP contribution in [0.25, 0.3) is 0 Å². The van der Waals surface area contributed by atoms with Crippen LogP contribution in [0.3, 0.4) is 0 Å². The number of amidine groups is 1. The number of hydrogen-bond acceptors (Lipinski definition) is 3. The second kappa shape index (κ2) is 6.84. The van der Waals surface area contributed by atoms with Crippen molar-refractivity contribution in [2.75, 3.05) is 13.1 Å². The molecule has 1 aliphatic carbocycles. The fourth-order valence-corrected chi connectivity index (χ4v) is 2.81. The first kappa shape index (κ1) is 14.3. The maximum Gasteiger partial charge on any atom is 0.143 e. The molecule has 17 heavy (non-hydrogen) atoms. The van der Waals surface area contributed by atoms with Gasteiger partial charge in [-0.25, -0.2) is 0 Å². The Hall–Kier alpha value is -0.770. The largest absolute Gasteiger partial charge is 0.409 e. The monoisotopic (exact) mass is 241 g/mol. The van der Waals surface area contributed by atoms with E-state index in [-0.39, 0.29) is 5.92 Å². The van der Waals surface area contributed by atoms with Crippen molar-refractivity contribution in [2.24, 2.45) is 22.7 Å². The summed E-state index contributed by atoms with van der Waals surface area (Å²) in [4.78, 5) is 2.48. The van der Waals surface area contributed by atoms with Gasteiger partial charge in [-0.05, 0) is 25.3 Å². The highest BCUT2D eigenvalue weighted by Gasteiger charge is 2.25. The van der Waals surface area contributed by atoms with Crippen molar-refractivity contribution in [3.8, 4) is 0 Å². The van der Waals surface area contributed by atoms with E-state index in [1.165, 1.54) is 25.7 Å². The van der Waals surface area contributed by atoms with E-state index in [0.717, 1.165) is 19.0 Å². The van der Waals surface area contributed by atoms with E-state index >= 15 is 0 Å². The first-order chi connectivity index (χ1) is 8.08. The predicted octanol–water partition coefficient (Wildman–Crippen LogP) is 2.27. The lowest BCUT2D eigenvalue weighted by Gasteiger charge is -2.37. The Balaban J connectivity index is 2.52. The van der Waals surface area contributed by atoms with Gasteiger partial charge in [-0.3, -0.25) is 4.90 Å². The van der Waals surface area contributed by atoms with Gasteiger partial charge in [0, 0.05) is 18.5 Å². The number of nitrogens with two attached hydrogens (primary N) is 1. The van der Waals surface area contributed by atoms with Crippen LogP contribution in [0.2, 0.25) is 0 Å². The molecule has 0 aromatic rings. The number of rotatable bonds is 5. The summed E-state index contributed by atoms with van der Waals surface area (Å²) in [5, 5.41) is 11.8. The molecule has 0 spiro atoms. The van der Waals surface area contributed by atoms with Crippen molar-refractivity contribution in [1.82, 2.24) is 4.90 Å². The summed E-state index contributed by atoms with van der Waals surface area (Å²) in [6.07, 6.45) is 5.28. The Bertz CT molecular complexity index is 255. The van der Waals surface area contributed by atoms with Gasteiger partial charge in [-0.15, -0.1) is 0 Å². The van der Waals surface area contributed by atoms with Gasteiger partial charge in [-0.1, -0.05) is 38.8 Å². The van der Waals surface area contributed by atoms with Gasteiger partial charge < -0.3 is 10.9 Å². The smallest absolute Gasteiger partial charge is 0.143 e. The molecule has 0 aromatic carbocycles. The molecule has 0 heterocycles. The van der Waals surface area contributed by atoms with Crippen LogP contribution in [0.15, 0.2) is 5.16 Å². The zero-order valence-corrected chi connectivity index (χ0v) is 11.4. The molecule has 4 heteroatoms. The van der Waals surface area contributed by atoms with Gasteiger partial charge in [0.1, 0.15) is 5.84 Å². The molecule has 1 saturated carbocycles. The molecule has 3 unspecified atom stereocenters. The van der Waals surface area contributed by atoms with Crippen LogP contribution < -0.4 is 5.73 Å². The lowest BCUT2D eigenvalue weighted by atomic mass is 9.86. The third kappa shape index (κ3) is 4.19. The van der Waals surface area contributed by atoms with Crippen molar-refractivity contribution in [3.63, 3.8) is 0 Å². The van der Waals surface area contributed by atoms with E-state index in [2.05, 4.69) is 23.9 Å². The van der Waals surface area contributed by atoms with E-state index in [0.29, 0.717) is 11.9 Å². The summed E-state index contributed by atoms with van der Waals surface area (Å²) in [5.74, 6) is 1.30. The van der Waals surface area contributed by atoms with Crippen molar-refractivity contribution in [2.45, 2.75) is 52.5 Å². The molecular weight excluding hydrogens is 214 g/mol. The molecule has 0 bridgehead atoms. The fourth-order valence-electron chi connectivity index (χ4n) is 2.81. The second-order valence-corrected chi connectivity index (χ2v) is 5.44. The highest BCUT2D eigenvalue weighted by atomic mass is 16.4. The van der Waals surface area contributed by atoms with Gasteiger partial charge in [0.15, 0.2) is 0 Å². The van der Waals surface area contributed by atoms with Gasteiger partial charge in [0.2, 0.25) is 0 Å². The Morgan fingerprint density at radius 3 is 2.76 bits per heavy atom. The second-order valence-electron chi connectivity index (χ2n) is 5.44. The quantitative estimate of drug-likeness (QED) is 0.336. The lowest BCUT2D eigenvalue weighted by molar-refractivity contribution is 0.132. The molecule has 0 amide bonds. The van der Waals surface area contributed by atoms with Crippen LogP contribution in [-0.2, 0) is 0 Å². The highest BCUT2D eigenvalue weighted by Crippen LogP contribution is 2.27. The maximum atomic E-state index is 8.69. The minimum Gasteiger partial charge on any atom is -0.409 e. The lowest BCUT2D eigenvalue weighted by Crippen LogP contribution is -2.43. The SMILES string of the molecule is CCN(CC(C)C(N)=NO)C1CCCC(C)C1. The molecule has 4 nitrogen and oxygen atoms in total. The van der Waals surface area contributed by atoms with Gasteiger partial charge in [-0.2, -0.15) is 0 Å². The predicted molar refractivity (Wildman–Crippen MR) is 71.2 cm³/mol. The van der Waals surface area contributed by atoms with Crippen LogP contribution in [0.1, 0.15) is 46.5 Å². The van der Waals surface area contributed by atoms with Crippen molar-refractivity contribution >= 4 is 5.84 Å². The summed E-state index contributed by atoms with van der Waals surface area (Å²) in [5.41, 5.74) is 5.65. The standard InChI is InChI=1S/C13H27N3O/c1-4-16(9-11(3)13(14)15-17)12-7-5-6-10(2)8-12/h10-12,17H,4-9H2,1-3H3,(H2,14,15). The maximum absolute atomic E-state index is 8.69. The minimum atomic E-state index is 0.122. The Kier molecular flexibility index (Phi) is 5.75. The van der Waals surface area contributed by atoms with Gasteiger partial charge >= 0.3 is 0 Å². The molecule has 3 N–H and O–H groups in total. The number of oxime groups is 1. The van der Waals surface area contributed by atoms with Crippen LogP contribution >= 0.6 is 0 Å². The van der Waals surface area contributed by atoms with Gasteiger partial charge in [0.05, 0.1) is 0 Å². The Morgan fingerprint density at radius 2 is 2.24 bits per heavy atom. The molecule has 0 saturated heterocycles. The highest BCUT2D eigenvalue weighted by molar-refractivity contribution is 5.82.